The second kappa shape index (κ2) is 6.91. The average Bonchev–Trinajstić information content (AvgIpc) is 2.96. The van der Waals surface area contributed by atoms with Crippen LogP contribution in [0.2, 0.25) is 0 Å². The van der Waals surface area contributed by atoms with E-state index in [1.54, 1.807) is 31.2 Å². The van der Waals surface area contributed by atoms with Gasteiger partial charge in [-0.25, -0.2) is 13.8 Å². The van der Waals surface area contributed by atoms with Gasteiger partial charge >= 0.3 is 0 Å². The largest absolute Gasteiger partial charge is 0.333 e. The van der Waals surface area contributed by atoms with Crippen molar-refractivity contribution in [3.05, 3.63) is 53.6 Å². The summed E-state index contributed by atoms with van der Waals surface area (Å²) in [7, 11) is 0. The molecular weight excluding hydrogens is 346 g/mol. The molecule has 0 aliphatic carbocycles. The predicted octanol–water partition coefficient (Wildman–Crippen LogP) is 3.83. The van der Waals surface area contributed by atoms with Crippen molar-refractivity contribution in [3.8, 4) is 6.07 Å². The summed E-state index contributed by atoms with van der Waals surface area (Å²) < 4.78 is 26.5. The number of thioether (sulfide) groups is 1. The molecule has 1 atom stereocenters. The van der Waals surface area contributed by atoms with E-state index in [0.717, 1.165) is 23.9 Å². The molecule has 126 valence electrons. The Labute approximate surface area is 146 Å². The average molecular weight is 358 g/mol. The maximum Gasteiger partial charge on any atom is 0.237 e. The normalized spacial score (nSPS) is 11.9. The van der Waals surface area contributed by atoms with Crippen LogP contribution in [0.5, 0.6) is 0 Å². The number of carbonyl (C=O) groups excluding carboxylic acids is 1. The third-order valence-corrected chi connectivity index (χ3v) is 4.40. The predicted molar refractivity (Wildman–Crippen MR) is 91.1 cm³/mol. The molecular formula is C17H12F2N4OS. The molecule has 0 fully saturated rings. The Kier molecular flexibility index (Phi) is 4.67. The van der Waals surface area contributed by atoms with Crippen LogP contribution in [0.15, 0.2) is 41.6 Å². The van der Waals surface area contributed by atoms with Crippen LogP contribution in [-0.2, 0) is 4.79 Å². The summed E-state index contributed by atoms with van der Waals surface area (Å²) in [6.07, 6.45) is 0. The number of hydrogen-bond acceptors (Lipinski definition) is 4. The van der Waals surface area contributed by atoms with Gasteiger partial charge in [-0.3, -0.25) is 4.79 Å². The Balaban J connectivity index is 1.71. The molecule has 1 unspecified atom stereocenters. The van der Waals surface area contributed by atoms with Crippen molar-refractivity contribution in [3.63, 3.8) is 0 Å². The highest BCUT2D eigenvalue weighted by Gasteiger charge is 2.17. The summed E-state index contributed by atoms with van der Waals surface area (Å²) in [5.41, 5.74) is 1.61. The van der Waals surface area contributed by atoms with Crippen LogP contribution in [0.3, 0.4) is 0 Å². The van der Waals surface area contributed by atoms with Gasteiger partial charge in [-0.2, -0.15) is 5.26 Å². The van der Waals surface area contributed by atoms with Gasteiger partial charge in [-0.15, -0.1) is 0 Å². The van der Waals surface area contributed by atoms with Crippen LogP contribution in [0.1, 0.15) is 12.5 Å². The highest BCUT2D eigenvalue weighted by atomic mass is 32.2. The van der Waals surface area contributed by atoms with Gasteiger partial charge < -0.3 is 10.3 Å². The fourth-order valence-corrected chi connectivity index (χ4v) is 2.99. The van der Waals surface area contributed by atoms with Crippen molar-refractivity contribution in [1.82, 2.24) is 9.97 Å². The molecule has 2 N–H and O–H groups in total. The fourth-order valence-electron chi connectivity index (χ4n) is 2.17. The number of nitrogens with one attached hydrogen (secondary N) is 2. The summed E-state index contributed by atoms with van der Waals surface area (Å²) in [5.74, 6) is -2.22. The molecule has 0 radical (unpaired) electrons. The van der Waals surface area contributed by atoms with Crippen LogP contribution in [-0.4, -0.2) is 21.1 Å². The number of anilines is 1. The van der Waals surface area contributed by atoms with Crippen molar-refractivity contribution >= 4 is 34.4 Å². The van der Waals surface area contributed by atoms with E-state index in [4.69, 9.17) is 5.26 Å². The Morgan fingerprint density at radius 2 is 2.08 bits per heavy atom. The number of carbonyl (C=O) groups is 1. The van der Waals surface area contributed by atoms with Crippen LogP contribution in [0.4, 0.5) is 14.5 Å². The maximum absolute atomic E-state index is 13.2. The molecule has 0 saturated carbocycles. The lowest BCUT2D eigenvalue weighted by atomic mass is 10.2. The highest BCUT2D eigenvalue weighted by molar-refractivity contribution is 8.00. The van der Waals surface area contributed by atoms with E-state index >= 15 is 0 Å². The van der Waals surface area contributed by atoms with E-state index in [9.17, 15) is 13.6 Å². The smallest absolute Gasteiger partial charge is 0.237 e. The number of fused-ring (bicyclic) bond motifs is 1. The van der Waals surface area contributed by atoms with Gasteiger partial charge in [0.2, 0.25) is 5.91 Å². The molecule has 0 aliphatic rings. The number of aromatic amines is 1. The van der Waals surface area contributed by atoms with Crippen molar-refractivity contribution in [1.29, 1.82) is 5.26 Å². The van der Waals surface area contributed by atoms with Crippen LogP contribution >= 0.6 is 11.8 Å². The first-order chi connectivity index (χ1) is 12.0. The molecule has 8 heteroatoms. The first kappa shape index (κ1) is 16.9. The standard InChI is InChI=1S/C17H12F2N4OS/c1-9(16(24)21-11-4-2-3-10(5-11)8-20)25-17-22-14-6-12(18)13(19)7-15(14)23-17/h2-7,9H,1H3,(H,21,24)(H,22,23). The summed E-state index contributed by atoms with van der Waals surface area (Å²) in [5, 5.41) is 11.5. The number of amides is 1. The zero-order valence-electron chi connectivity index (χ0n) is 13.0. The molecule has 0 saturated heterocycles. The summed E-state index contributed by atoms with van der Waals surface area (Å²) in [4.78, 5) is 19.3. The summed E-state index contributed by atoms with van der Waals surface area (Å²) in [6, 6.07) is 10.6. The zero-order valence-corrected chi connectivity index (χ0v) is 13.8. The lowest BCUT2D eigenvalue weighted by Gasteiger charge is -2.10. The number of H-pyrrole nitrogens is 1. The Hall–Kier alpha value is -2.92. The number of imidazole rings is 1. The van der Waals surface area contributed by atoms with Crippen molar-refractivity contribution in [2.24, 2.45) is 0 Å². The fraction of sp³-hybridized carbons (Fsp3) is 0.118. The molecule has 2 aromatic carbocycles. The third kappa shape index (κ3) is 3.78. The topological polar surface area (TPSA) is 81.6 Å². The van der Waals surface area contributed by atoms with E-state index in [-0.39, 0.29) is 11.4 Å². The molecule has 0 bridgehead atoms. The number of nitrogens with zero attached hydrogens (tertiary/aromatic N) is 2. The quantitative estimate of drug-likeness (QED) is 0.695. The number of halogens is 2. The van der Waals surface area contributed by atoms with E-state index in [1.807, 2.05) is 6.07 Å². The first-order valence-electron chi connectivity index (χ1n) is 7.28. The number of hydrogen-bond donors (Lipinski definition) is 2. The Morgan fingerprint density at radius 3 is 2.84 bits per heavy atom. The van der Waals surface area contributed by atoms with E-state index in [2.05, 4.69) is 15.3 Å². The van der Waals surface area contributed by atoms with Crippen LogP contribution in [0, 0.1) is 23.0 Å². The van der Waals surface area contributed by atoms with Gasteiger partial charge in [0.25, 0.3) is 0 Å². The van der Waals surface area contributed by atoms with Crippen LogP contribution < -0.4 is 5.32 Å². The molecule has 1 amide bonds. The second-order valence-electron chi connectivity index (χ2n) is 5.27. The highest BCUT2D eigenvalue weighted by Crippen LogP contribution is 2.25. The lowest BCUT2D eigenvalue weighted by molar-refractivity contribution is -0.115. The maximum atomic E-state index is 13.2. The number of rotatable bonds is 4. The molecule has 1 heterocycles. The molecule has 0 aliphatic heterocycles. The van der Waals surface area contributed by atoms with E-state index < -0.39 is 16.9 Å². The van der Waals surface area contributed by atoms with Gasteiger partial charge in [0.05, 0.1) is 27.9 Å². The summed E-state index contributed by atoms with van der Waals surface area (Å²) in [6.45, 7) is 1.68. The van der Waals surface area contributed by atoms with Crippen molar-refractivity contribution in [2.45, 2.75) is 17.3 Å². The van der Waals surface area contributed by atoms with E-state index in [1.165, 1.54) is 0 Å². The number of nitriles is 1. The zero-order chi connectivity index (χ0) is 18.0. The van der Waals surface area contributed by atoms with Crippen molar-refractivity contribution < 1.29 is 13.6 Å². The minimum Gasteiger partial charge on any atom is -0.333 e. The SMILES string of the molecule is CC(Sc1nc2cc(F)c(F)cc2[nH]1)C(=O)Nc1cccc(C#N)c1. The molecule has 3 aromatic rings. The Morgan fingerprint density at radius 1 is 1.32 bits per heavy atom. The van der Waals surface area contributed by atoms with Gasteiger partial charge in [0.15, 0.2) is 16.8 Å². The Bertz CT molecular complexity index is 957. The monoisotopic (exact) mass is 358 g/mol. The van der Waals surface area contributed by atoms with Gasteiger partial charge in [0.1, 0.15) is 0 Å². The molecule has 25 heavy (non-hydrogen) atoms. The first-order valence-corrected chi connectivity index (χ1v) is 8.16. The van der Waals surface area contributed by atoms with Gasteiger partial charge in [-0.1, -0.05) is 17.8 Å². The summed E-state index contributed by atoms with van der Waals surface area (Å²) >= 11 is 1.13. The van der Waals surface area contributed by atoms with Crippen molar-refractivity contribution in [2.75, 3.05) is 5.32 Å². The molecule has 3 rings (SSSR count). The molecule has 0 spiro atoms. The second-order valence-corrected chi connectivity index (χ2v) is 6.60. The number of benzene rings is 2. The van der Waals surface area contributed by atoms with Crippen LogP contribution in [0.25, 0.3) is 11.0 Å². The third-order valence-electron chi connectivity index (χ3n) is 3.42. The van der Waals surface area contributed by atoms with Gasteiger partial charge in [0, 0.05) is 17.8 Å². The number of aromatic nitrogens is 2. The minimum atomic E-state index is -0.973. The molecule has 5 nitrogen and oxygen atoms in total. The van der Waals surface area contributed by atoms with E-state index in [0.29, 0.717) is 21.9 Å². The molecule has 1 aromatic heterocycles. The van der Waals surface area contributed by atoms with Gasteiger partial charge in [-0.05, 0) is 25.1 Å². The lowest BCUT2D eigenvalue weighted by Crippen LogP contribution is -2.22. The minimum absolute atomic E-state index is 0.280.